The van der Waals surface area contributed by atoms with Crippen molar-refractivity contribution in [1.82, 2.24) is 5.32 Å². The van der Waals surface area contributed by atoms with Crippen LogP contribution in [0.25, 0.3) is 0 Å². The molecule has 0 spiro atoms. The molecule has 0 amide bonds. The summed E-state index contributed by atoms with van der Waals surface area (Å²) in [6, 6.07) is 0.728. The molecule has 0 aromatic heterocycles. The van der Waals surface area contributed by atoms with Crippen molar-refractivity contribution in [2.75, 3.05) is 6.54 Å². The lowest BCUT2D eigenvalue weighted by Crippen LogP contribution is -2.34. The van der Waals surface area contributed by atoms with Gasteiger partial charge in [-0.15, -0.1) is 0 Å². The molecule has 14 heavy (non-hydrogen) atoms. The Bertz CT molecular complexity index is 210. The molecule has 0 bridgehead atoms. The van der Waals surface area contributed by atoms with Crippen LogP contribution in [0.3, 0.4) is 0 Å². The van der Waals surface area contributed by atoms with Gasteiger partial charge in [0.05, 0.1) is 0 Å². The van der Waals surface area contributed by atoms with Crippen LogP contribution in [0.4, 0.5) is 0 Å². The van der Waals surface area contributed by atoms with E-state index in [-0.39, 0.29) is 0 Å². The monoisotopic (exact) mass is 193 g/mol. The predicted molar refractivity (Wildman–Crippen MR) is 61.4 cm³/mol. The maximum Gasteiger partial charge on any atom is 0.0167 e. The number of piperidine rings is 1. The Morgan fingerprint density at radius 1 is 1.50 bits per heavy atom. The van der Waals surface area contributed by atoms with Crippen molar-refractivity contribution in [3.63, 3.8) is 0 Å². The molecule has 1 nitrogen and oxygen atoms in total. The van der Waals surface area contributed by atoms with Crippen LogP contribution in [-0.2, 0) is 0 Å². The summed E-state index contributed by atoms with van der Waals surface area (Å²) >= 11 is 0. The second kappa shape index (κ2) is 4.06. The van der Waals surface area contributed by atoms with E-state index in [0.717, 1.165) is 12.6 Å². The van der Waals surface area contributed by atoms with E-state index < -0.39 is 0 Å². The van der Waals surface area contributed by atoms with Gasteiger partial charge in [0.2, 0.25) is 0 Å². The summed E-state index contributed by atoms with van der Waals surface area (Å²) in [5, 5.41) is 3.56. The van der Waals surface area contributed by atoms with E-state index in [2.05, 4.69) is 25.2 Å². The van der Waals surface area contributed by atoms with Crippen molar-refractivity contribution >= 4 is 0 Å². The fraction of sp³-hybridized carbons (Fsp3) is 0.846. The van der Waals surface area contributed by atoms with Gasteiger partial charge in [-0.05, 0) is 44.4 Å². The lowest BCUT2D eigenvalue weighted by molar-refractivity contribution is 0.193. The van der Waals surface area contributed by atoms with Crippen LogP contribution in [0.2, 0.25) is 0 Å². The van der Waals surface area contributed by atoms with E-state index in [1.54, 1.807) is 5.57 Å². The van der Waals surface area contributed by atoms with E-state index in [1.807, 2.05) is 0 Å². The van der Waals surface area contributed by atoms with Gasteiger partial charge in [0.1, 0.15) is 0 Å². The zero-order valence-corrected chi connectivity index (χ0v) is 9.60. The van der Waals surface area contributed by atoms with Gasteiger partial charge in [0.15, 0.2) is 0 Å². The predicted octanol–water partition coefficient (Wildman–Crippen LogP) is 3.27. The quantitative estimate of drug-likeness (QED) is 0.664. The average Bonchev–Trinajstić information content (AvgIpc) is 2.15. The van der Waals surface area contributed by atoms with Crippen molar-refractivity contribution in [3.05, 3.63) is 11.6 Å². The lowest BCUT2D eigenvalue weighted by atomic mass is 9.66. The van der Waals surface area contributed by atoms with Crippen LogP contribution in [0.5, 0.6) is 0 Å². The van der Waals surface area contributed by atoms with Gasteiger partial charge in [0.25, 0.3) is 0 Å². The molecule has 0 radical (unpaired) electrons. The zero-order valence-electron chi connectivity index (χ0n) is 9.60. The third-order valence-electron chi connectivity index (χ3n) is 4.14. The van der Waals surface area contributed by atoms with Crippen molar-refractivity contribution in [2.24, 2.45) is 5.41 Å². The van der Waals surface area contributed by atoms with E-state index in [0.29, 0.717) is 5.41 Å². The SMILES string of the molecule is CCC1(/C=C2/CCC(C)NC2)CCC1. The summed E-state index contributed by atoms with van der Waals surface area (Å²) in [4.78, 5) is 0. The molecular formula is C13H23N. The average molecular weight is 193 g/mol. The van der Waals surface area contributed by atoms with Gasteiger partial charge in [-0.1, -0.05) is 25.0 Å². The minimum Gasteiger partial charge on any atom is -0.311 e. The van der Waals surface area contributed by atoms with Gasteiger partial charge in [-0.3, -0.25) is 0 Å². The standard InChI is InChI=1S/C13H23N/c1-3-13(7-4-8-13)9-12-6-5-11(2)14-10-12/h9,11,14H,3-8,10H2,1-2H3/b12-9-. The van der Waals surface area contributed by atoms with Crippen LogP contribution >= 0.6 is 0 Å². The zero-order chi connectivity index (χ0) is 10.0. The maximum absolute atomic E-state index is 3.56. The first kappa shape index (κ1) is 10.2. The Balaban J connectivity index is 1.96. The second-order valence-electron chi connectivity index (χ2n) is 5.19. The highest BCUT2D eigenvalue weighted by Gasteiger charge is 2.33. The highest BCUT2D eigenvalue weighted by atomic mass is 14.9. The van der Waals surface area contributed by atoms with Gasteiger partial charge in [-0.25, -0.2) is 0 Å². The summed E-state index contributed by atoms with van der Waals surface area (Å²) in [6.45, 7) is 5.77. The number of hydrogen-bond acceptors (Lipinski definition) is 1. The fourth-order valence-electron chi connectivity index (χ4n) is 2.68. The van der Waals surface area contributed by atoms with Crippen LogP contribution < -0.4 is 5.32 Å². The summed E-state index contributed by atoms with van der Waals surface area (Å²) in [5.41, 5.74) is 2.28. The van der Waals surface area contributed by atoms with Gasteiger partial charge in [-0.2, -0.15) is 0 Å². The molecule has 2 rings (SSSR count). The Labute approximate surface area is 88.0 Å². The molecule has 1 saturated carbocycles. The summed E-state index contributed by atoms with van der Waals surface area (Å²) < 4.78 is 0. The molecule has 0 aromatic carbocycles. The molecule has 1 heterocycles. The van der Waals surface area contributed by atoms with Crippen LogP contribution in [0.15, 0.2) is 11.6 Å². The summed E-state index contributed by atoms with van der Waals surface area (Å²) in [5.74, 6) is 0. The second-order valence-corrected chi connectivity index (χ2v) is 5.19. The molecule has 1 saturated heterocycles. The maximum atomic E-state index is 3.56. The van der Waals surface area contributed by atoms with Crippen molar-refractivity contribution in [2.45, 2.75) is 58.4 Å². The van der Waals surface area contributed by atoms with Crippen molar-refractivity contribution < 1.29 is 0 Å². The Hall–Kier alpha value is -0.300. The van der Waals surface area contributed by atoms with Crippen LogP contribution in [0.1, 0.15) is 52.4 Å². The lowest BCUT2D eigenvalue weighted by Gasteiger charge is -2.40. The van der Waals surface area contributed by atoms with Gasteiger partial charge < -0.3 is 5.32 Å². The summed E-state index contributed by atoms with van der Waals surface area (Å²) in [7, 11) is 0. The first-order valence-corrected chi connectivity index (χ1v) is 6.18. The molecular weight excluding hydrogens is 170 g/mol. The Kier molecular flexibility index (Phi) is 2.96. The van der Waals surface area contributed by atoms with E-state index in [9.17, 15) is 0 Å². The molecule has 1 atom stereocenters. The minimum atomic E-state index is 0.609. The van der Waals surface area contributed by atoms with E-state index in [4.69, 9.17) is 0 Å². The van der Waals surface area contributed by atoms with Gasteiger partial charge >= 0.3 is 0 Å². The highest BCUT2D eigenvalue weighted by Crippen LogP contribution is 2.46. The number of nitrogens with one attached hydrogen (secondary N) is 1. The van der Waals surface area contributed by atoms with Crippen LogP contribution in [0, 0.1) is 5.41 Å². The number of allylic oxidation sites excluding steroid dienone is 1. The molecule has 2 fully saturated rings. The largest absolute Gasteiger partial charge is 0.311 e. The molecule has 0 aromatic rings. The summed E-state index contributed by atoms with van der Waals surface area (Å²) in [6.07, 6.45) is 10.9. The topological polar surface area (TPSA) is 12.0 Å². The third-order valence-corrected chi connectivity index (χ3v) is 4.14. The van der Waals surface area contributed by atoms with Crippen molar-refractivity contribution in [1.29, 1.82) is 0 Å². The smallest absolute Gasteiger partial charge is 0.0167 e. The molecule has 80 valence electrons. The van der Waals surface area contributed by atoms with E-state index >= 15 is 0 Å². The van der Waals surface area contributed by atoms with E-state index in [1.165, 1.54) is 38.5 Å². The molecule has 1 unspecified atom stereocenters. The molecule has 2 aliphatic rings. The Morgan fingerprint density at radius 2 is 2.29 bits per heavy atom. The van der Waals surface area contributed by atoms with Crippen molar-refractivity contribution in [3.8, 4) is 0 Å². The minimum absolute atomic E-state index is 0.609. The third kappa shape index (κ3) is 2.03. The number of rotatable bonds is 2. The van der Waals surface area contributed by atoms with Gasteiger partial charge in [0, 0.05) is 12.6 Å². The fourth-order valence-corrected chi connectivity index (χ4v) is 2.68. The molecule has 1 N–H and O–H groups in total. The molecule has 1 heteroatoms. The Morgan fingerprint density at radius 3 is 2.71 bits per heavy atom. The first-order chi connectivity index (χ1) is 6.74. The highest BCUT2D eigenvalue weighted by molar-refractivity contribution is 5.15. The normalized spacial score (nSPS) is 34.1. The molecule has 1 aliphatic heterocycles. The molecule has 1 aliphatic carbocycles. The first-order valence-electron chi connectivity index (χ1n) is 6.18. The van der Waals surface area contributed by atoms with Crippen LogP contribution in [-0.4, -0.2) is 12.6 Å². The number of hydrogen-bond donors (Lipinski definition) is 1.